The number of rotatable bonds is 7. The predicted octanol–water partition coefficient (Wildman–Crippen LogP) is 3.93. The van der Waals surface area contributed by atoms with Crippen molar-refractivity contribution in [2.24, 2.45) is 0 Å². The number of benzene rings is 2. The summed E-state index contributed by atoms with van der Waals surface area (Å²) in [7, 11) is -3.59. The van der Waals surface area contributed by atoms with E-state index in [-0.39, 0.29) is 27.2 Å². The van der Waals surface area contributed by atoms with Gasteiger partial charge in [0.05, 0.1) is 15.5 Å². The Kier molecular flexibility index (Phi) is 6.86. The third-order valence-corrected chi connectivity index (χ3v) is 6.75. The van der Waals surface area contributed by atoms with Gasteiger partial charge in [0.1, 0.15) is 5.01 Å². The Balaban J connectivity index is 1.56. The Morgan fingerprint density at radius 1 is 1.10 bits per heavy atom. The van der Waals surface area contributed by atoms with Crippen molar-refractivity contribution in [3.8, 4) is 0 Å². The summed E-state index contributed by atoms with van der Waals surface area (Å²) in [5, 5.41) is 12.0. The summed E-state index contributed by atoms with van der Waals surface area (Å²) in [5.74, 6) is -0.436. The minimum Gasteiger partial charge on any atom is -0.296 e. The van der Waals surface area contributed by atoms with Crippen LogP contribution in [-0.4, -0.2) is 31.1 Å². The van der Waals surface area contributed by atoms with Gasteiger partial charge >= 0.3 is 0 Å². The zero-order chi connectivity index (χ0) is 21.0. The number of carbonyl (C=O) groups excluding carboxylic acids is 1. The predicted molar refractivity (Wildman–Crippen MR) is 114 cm³/mol. The SMILES string of the molecule is Cc1ccc(S(=O)(=O)NCCc2nnc(NC(=O)c3ccc(Cl)cc3Cl)s2)cc1. The molecule has 0 fully saturated rings. The number of sulfonamides is 1. The van der Waals surface area contributed by atoms with Crippen LogP contribution in [0, 0.1) is 6.92 Å². The fourth-order valence-electron chi connectivity index (χ4n) is 2.34. The van der Waals surface area contributed by atoms with E-state index in [1.54, 1.807) is 30.3 Å². The molecule has 0 bridgehead atoms. The molecule has 2 aromatic carbocycles. The van der Waals surface area contributed by atoms with E-state index in [1.165, 1.54) is 12.1 Å². The number of carbonyl (C=O) groups is 1. The van der Waals surface area contributed by atoms with Crippen LogP contribution in [0.5, 0.6) is 0 Å². The highest BCUT2D eigenvalue weighted by Gasteiger charge is 2.15. The molecule has 0 aliphatic rings. The summed E-state index contributed by atoms with van der Waals surface area (Å²) in [6.45, 7) is 2.04. The summed E-state index contributed by atoms with van der Waals surface area (Å²) < 4.78 is 27.1. The zero-order valence-corrected chi connectivity index (χ0v) is 18.3. The molecular weight excluding hydrogens is 455 g/mol. The Labute approximate surface area is 182 Å². The number of anilines is 1. The first kappa shape index (κ1) is 21.7. The maximum absolute atomic E-state index is 12.3. The summed E-state index contributed by atoms with van der Waals surface area (Å²) in [4.78, 5) is 12.5. The van der Waals surface area contributed by atoms with Crippen LogP contribution in [-0.2, 0) is 16.4 Å². The van der Waals surface area contributed by atoms with Gasteiger partial charge in [0.15, 0.2) is 0 Å². The highest BCUT2D eigenvalue weighted by atomic mass is 35.5. The molecule has 152 valence electrons. The molecule has 11 heteroatoms. The molecule has 0 atom stereocenters. The Morgan fingerprint density at radius 2 is 1.83 bits per heavy atom. The van der Waals surface area contributed by atoms with Gasteiger partial charge in [-0.05, 0) is 37.3 Å². The molecule has 7 nitrogen and oxygen atoms in total. The summed E-state index contributed by atoms with van der Waals surface area (Å²) in [6, 6.07) is 11.1. The van der Waals surface area contributed by atoms with E-state index in [4.69, 9.17) is 23.2 Å². The van der Waals surface area contributed by atoms with Crippen molar-refractivity contribution in [1.82, 2.24) is 14.9 Å². The standard InChI is InChI=1S/C18H16Cl2N4O3S2/c1-11-2-5-13(6-3-11)29(26,27)21-9-8-16-23-24-18(28-16)22-17(25)14-7-4-12(19)10-15(14)20/h2-7,10,21H,8-9H2,1H3,(H,22,24,25). The van der Waals surface area contributed by atoms with Gasteiger partial charge in [0.25, 0.3) is 5.91 Å². The lowest BCUT2D eigenvalue weighted by Gasteiger charge is -2.06. The fraction of sp³-hybridized carbons (Fsp3) is 0.167. The van der Waals surface area contributed by atoms with Crippen LogP contribution in [0.4, 0.5) is 5.13 Å². The highest BCUT2D eigenvalue weighted by Crippen LogP contribution is 2.23. The average molecular weight is 471 g/mol. The smallest absolute Gasteiger partial charge is 0.259 e. The van der Waals surface area contributed by atoms with Gasteiger partial charge in [-0.1, -0.05) is 52.2 Å². The van der Waals surface area contributed by atoms with Crippen molar-refractivity contribution < 1.29 is 13.2 Å². The summed E-state index contributed by atoms with van der Waals surface area (Å²) >= 11 is 13.0. The molecule has 0 aliphatic heterocycles. The topological polar surface area (TPSA) is 101 Å². The molecule has 0 spiro atoms. The molecule has 1 amide bonds. The van der Waals surface area contributed by atoms with Crippen LogP contribution < -0.4 is 10.0 Å². The van der Waals surface area contributed by atoms with Gasteiger partial charge < -0.3 is 0 Å². The second-order valence-corrected chi connectivity index (χ2v) is 9.71. The lowest BCUT2D eigenvalue weighted by molar-refractivity contribution is 0.102. The second-order valence-electron chi connectivity index (χ2n) is 6.04. The Bertz CT molecular complexity index is 1130. The van der Waals surface area contributed by atoms with Crippen molar-refractivity contribution >= 4 is 55.6 Å². The lowest BCUT2D eigenvalue weighted by Crippen LogP contribution is -2.25. The molecule has 0 radical (unpaired) electrons. The molecule has 1 aromatic heterocycles. The first-order valence-corrected chi connectivity index (χ1v) is 11.5. The number of aryl methyl sites for hydroxylation is 1. The van der Waals surface area contributed by atoms with Crippen molar-refractivity contribution in [3.05, 3.63) is 68.6 Å². The molecule has 1 heterocycles. The summed E-state index contributed by atoms with van der Waals surface area (Å²) in [5.41, 5.74) is 1.24. The first-order chi connectivity index (χ1) is 13.7. The normalized spacial score (nSPS) is 11.4. The van der Waals surface area contributed by atoms with Gasteiger partial charge in [-0.2, -0.15) is 0 Å². The number of halogens is 2. The first-order valence-electron chi connectivity index (χ1n) is 8.40. The van der Waals surface area contributed by atoms with Crippen LogP contribution >= 0.6 is 34.5 Å². The molecule has 29 heavy (non-hydrogen) atoms. The maximum Gasteiger partial charge on any atom is 0.259 e. The van der Waals surface area contributed by atoms with Crippen molar-refractivity contribution in [2.75, 3.05) is 11.9 Å². The van der Waals surface area contributed by atoms with Crippen LogP contribution in [0.25, 0.3) is 0 Å². The molecular formula is C18H16Cl2N4O3S2. The van der Waals surface area contributed by atoms with Crippen LogP contribution in [0.1, 0.15) is 20.9 Å². The molecule has 2 N–H and O–H groups in total. The van der Waals surface area contributed by atoms with Gasteiger partial charge in [-0.3, -0.25) is 10.1 Å². The fourth-order valence-corrected chi connectivity index (χ4v) is 4.60. The average Bonchev–Trinajstić information content (AvgIpc) is 3.09. The third kappa shape index (κ3) is 5.74. The number of nitrogens with zero attached hydrogens (tertiary/aromatic N) is 2. The van der Waals surface area contributed by atoms with Gasteiger partial charge in [0.2, 0.25) is 15.2 Å². The summed E-state index contributed by atoms with van der Waals surface area (Å²) in [6.07, 6.45) is 0.334. The van der Waals surface area contributed by atoms with E-state index in [2.05, 4.69) is 20.2 Å². The zero-order valence-electron chi connectivity index (χ0n) is 15.1. The minimum absolute atomic E-state index is 0.155. The molecule has 3 rings (SSSR count). The monoisotopic (exact) mass is 470 g/mol. The maximum atomic E-state index is 12.3. The molecule has 3 aromatic rings. The number of amides is 1. The highest BCUT2D eigenvalue weighted by molar-refractivity contribution is 7.89. The van der Waals surface area contributed by atoms with E-state index < -0.39 is 15.9 Å². The molecule has 0 saturated heterocycles. The largest absolute Gasteiger partial charge is 0.296 e. The van der Waals surface area contributed by atoms with E-state index in [9.17, 15) is 13.2 Å². The van der Waals surface area contributed by atoms with E-state index in [1.807, 2.05) is 6.92 Å². The van der Waals surface area contributed by atoms with E-state index in [0.29, 0.717) is 16.5 Å². The minimum atomic E-state index is -3.59. The number of aromatic nitrogens is 2. The van der Waals surface area contributed by atoms with Crippen molar-refractivity contribution in [3.63, 3.8) is 0 Å². The van der Waals surface area contributed by atoms with Crippen molar-refractivity contribution in [2.45, 2.75) is 18.2 Å². The van der Waals surface area contributed by atoms with Crippen molar-refractivity contribution in [1.29, 1.82) is 0 Å². The second kappa shape index (κ2) is 9.19. The Morgan fingerprint density at radius 3 is 2.52 bits per heavy atom. The van der Waals surface area contributed by atoms with Crippen LogP contribution in [0.15, 0.2) is 47.4 Å². The number of hydrogen-bond acceptors (Lipinski definition) is 6. The van der Waals surface area contributed by atoms with Crippen LogP contribution in [0.2, 0.25) is 10.0 Å². The Hall–Kier alpha value is -2.04. The third-order valence-electron chi connectivity index (χ3n) is 3.83. The lowest BCUT2D eigenvalue weighted by atomic mass is 10.2. The number of nitrogens with one attached hydrogen (secondary N) is 2. The molecule has 0 saturated carbocycles. The van der Waals surface area contributed by atoms with E-state index in [0.717, 1.165) is 16.9 Å². The molecule has 0 aliphatic carbocycles. The quantitative estimate of drug-likeness (QED) is 0.544. The van der Waals surface area contributed by atoms with Gasteiger partial charge in [-0.15, -0.1) is 10.2 Å². The van der Waals surface area contributed by atoms with Crippen LogP contribution in [0.3, 0.4) is 0 Å². The van der Waals surface area contributed by atoms with E-state index >= 15 is 0 Å². The van der Waals surface area contributed by atoms with Gasteiger partial charge in [-0.25, -0.2) is 13.1 Å². The molecule has 0 unspecified atom stereocenters. The van der Waals surface area contributed by atoms with Gasteiger partial charge in [0, 0.05) is 18.0 Å². The number of hydrogen-bond donors (Lipinski definition) is 2.